The van der Waals surface area contributed by atoms with Crippen LogP contribution in [-0.4, -0.2) is 36.4 Å². The highest BCUT2D eigenvalue weighted by Crippen LogP contribution is 2.24. The predicted molar refractivity (Wildman–Crippen MR) is 68.8 cm³/mol. The Bertz CT molecular complexity index is 396. The van der Waals surface area contributed by atoms with Crippen LogP contribution in [0.15, 0.2) is 18.2 Å². The molecule has 0 amide bonds. The van der Waals surface area contributed by atoms with Gasteiger partial charge in [0, 0.05) is 30.5 Å². The van der Waals surface area contributed by atoms with Gasteiger partial charge in [-0.1, -0.05) is 6.07 Å². The first-order chi connectivity index (χ1) is 8.66. The molecular weight excluding hydrogens is 236 g/mol. The van der Waals surface area contributed by atoms with E-state index in [0.29, 0.717) is 25.3 Å². The van der Waals surface area contributed by atoms with Crippen LogP contribution in [0.1, 0.15) is 12.0 Å². The molecule has 2 N–H and O–H groups in total. The summed E-state index contributed by atoms with van der Waals surface area (Å²) in [4.78, 5) is 10.4. The van der Waals surface area contributed by atoms with Crippen LogP contribution in [0, 0.1) is 17.0 Å². The minimum Gasteiger partial charge on any atom is -0.394 e. The summed E-state index contributed by atoms with van der Waals surface area (Å²) in [5, 5.41) is 22.4. The van der Waals surface area contributed by atoms with Gasteiger partial charge in [-0.05, 0) is 19.4 Å². The van der Waals surface area contributed by atoms with Crippen LogP contribution in [0.3, 0.4) is 0 Å². The quantitative estimate of drug-likeness (QED) is 0.419. The zero-order valence-corrected chi connectivity index (χ0v) is 10.4. The van der Waals surface area contributed by atoms with Crippen molar-refractivity contribution in [3.63, 3.8) is 0 Å². The molecule has 18 heavy (non-hydrogen) atoms. The number of benzene rings is 1. The fourth-order valence-electron chi connectivity index (χ4n) is 1.58. The SMILES string of the molecule is Cc1c(NCCCOCCO)cccc1[N+](=O)[O-]. The molecule has 0 saturated carbocycles. The zero-order valence-electron chi connectivity index (χ0n) is 10.4. The number of rotatable bonds is 8. The second-order valence-corrected chi connectivity index (χ2v) is 3.82. The normalized spacial score (nSPS) is 10.3. The predicted octanol–water partition coefficient (Wildman–Crippen LogP) is 1.71. The van der Waals surface area contributed by atoms with Crippen LogP contribution >= 0.6 is 0 Å². The Labute approximate surface area is 106 Å². The van der Waals surface area contributed by atoms with Crippen LogP contribution in [0.2, 0.25) is 0 Å². The van der Waals surface area contributed by atoms with E-state index in [-0.39, 0.29) is 17.2 Å². The minimum absolute atomic E-state index is 0.0252. The van der Waals surface area contributed by atoms with Gasteiger partial charge in [-0.25, -0.2) is 0 Å². The molecule has 6 heteroatoms. The molecule has 0 unspecified atom stereocenters. The van der Waals surface area contributed by atoms with Gasteiger partial charge in [-0.2, -0.15) is 0 Å². The van der Waals surface area contributed by atoms with E-state index in [2.05, 4.69) is 5.32 Å². The van der Waals surface area contributed by atoms with E-state index in [0.717, 1.165) is 12.1 Å². The summed E-state index contributed by atoms with van der Waals surface area (Å²) in [5.41, 5.74) is 1.53. The first kappa shape index (κ1) is 14.4. The van der Waals surface area contributed by atoms with Crippen molar-refractivity contribution in [3.8, 4) is 0 Å². The van der Waals surface area contributed by atoms with Crippen molar-refractivity contribution in [2.24, 2.45) is 0 Å². The highest BCUT2D eigenvalue weighted by atomic mass is 16.6. The number of nitro groups is 1. The van der Waals surface area contributed by atoms with Gasteiger partial charge in [0.1, 0.15) is 0 Å². The minimum atomic E-state index is -0.384. The Balaban J connectivity index is 2.43. The molecule has 100 valence electrons. The molecule has 0 aliphatic heterocycles. The third kappa shape index (κ3) is 4.31. The highest BCUT2D eigenvalue weighted by molar-refractivity contribution is 5.59. The molecule has 0 saturated heterocycles. The number of ether oxygens (including phenoxy) is 1. The Hall–Kier alpha value is -1.66. The maximum Gasteiger partial charge on any atom is 0.274 e. The van der Waals surface area contributed by atoms with E-state index in [4.69, 9.17) is 9.84 Å². The Morgan fingerprint density at radius 1 is 1.44 bits per heavy atom. The molecule has 0 aliphatic carbocycles. The molecule has 1 aromatic rings. The number of hydrogen-bond donors (Lipinski definition) is 2. The average Bonchev–Trinajstić information content (AvgIpc) is 2.35. The van der Waals surface area contributed by atoms with E-state index >= 15 is 0 Å². The highest BCUT2D eigenvalue weighted by Gasteiger charge is 2.12. The van der Waals surface area contributed by atoms with Crippen LogP contribution in [0.25, 0.3) is 0 Å². The van der Waals surface area contributed by atoms with Crippen molar-refractivity contribution in [2.45, 2.75) is 13.3 Å². The fourth-order valence-corrected chi connectivity index (χ4v) is 1.58. The van der Waals surface area contributed by atoms with E-state index in [1.165, 1.54) is 6.07 Å². The number of hydrogen-bond acceptors (Lipinski definition) is 5. The molecule has 0 aliphatic rings. The van der Waals surface area contributed by atoms with E-state index in [9.17, 15) is 10.1 Å². The van der Waals surface area contributed by atoms with Crippen LogP contribution in [-0.2, 0) is 4.74 Å². The molecule has 0 heterocycles. The number of nitrogens with zero attached hydrogens (tertiary/aromatic N) is 1. The van der Waals surface area contributed by atoms with Crippen LogP contribution in [0.5, 0.6) is 0 Å². The standard InChI is InChI=1S/C12H18N2O4/c1-10-11(4-2-5-12(10)14(16)17)13-6-3-8-18-9-7-15/h2,4-5,13,15H,3,6-9H2,1H3. The number of anilines is 1. The number of nitrogens with one attached hydrogen (secondary N) is 1. The molecule has 0 atom stereocenters. The molecule has 1 rings (SSSR count). The van der Waals surface area contributed by atoms with E-state index < -0.39 is 0 Å². The van der Waals surface area contributed by atoms with E-state index in [1.807, 2.05) is 6.07 Å². The van der Waals surface area contributed by atoms with Crippen molar-refractivity contribution in [1.82, 2.24) is 0 Å². The van der Waals surface area contributed by atoms with E-state index in [1.54, 1.807) is 13.0 Å². The van der Waals surface area contributed by atoms with Crippen molar-refractivity contribution in [2.75, 3.05) is 31.7 Å². The summed E-state index contributed by atoms with van der Waals surface area (Å²) < 4.78 is 5.11. The van der Waals surface area contributed by atoms with Gasteiger partial charge in [-0.15, -0.1) is 0 Å². The summed E-state index contributed by atoms with van der Waals surface area (Å²) in [7, 11) is 0. The van der Waals surface area contributed by atoms with Gasteiger partial charge < -0.3 is 15.2 Å². The monoisotopic (exact) mass is 254 g/mol. The van der Waals surface area contributed by atoms with Crippen molar-refractivity contribution in [1.29, 1.82) is 0 Å². The van der Waals surface area contributed by atoms with Gasteiger partial charge in [0.05, 0.1) is 18.1 Å². The van der Waals surface area contributed by atoms with Gasteiger partial charge in [0.2, 0.25) is 0 Å². The second kappa shape index (κ2) is 7.62. The smallest absolute Gasteiger partial charge is 0.274 e. The van der Waals surface area contributed by atoms with Crippen molar-refractivity contribution < 1.29 is 14.8 Å². The molecular formula is C12H18N2O4. The maximum atomic E-state index is 10.8. The van der Waals surface area contributed by atoms with Gasteiger partial charge in [0.25, 0.3) is 5.69 Å². The zero-order chi connectivity index (χ0) is 13.4. The van der Waals surface area contributed by atoms with Gasteiger partial charge in [-0.3, -0.25) is 10.1 Å². The summed E-state index contributed by atoms with van der Waals surface area (Å²) in [6, 6.07) is 4.97. The topological polar surface area (TPSA) is 84.6 Å². The number of nitro benzene ring substituents is 1. The molecule has 0 radical (unpaired) electrons. The largest absolute Gasteiger partial charge is 0.394 e. The molecule has 0 spiro atoms. The first-order valence-corrected chi connectivity index (χ1v) is 5.83. The Morgan fingerprint density at radius 3 is 2.89 bits per heavy atom. The van der Waals surface area contributed by atoms with Crippen LogP contribution in [0.4, 0.5) is 11.4 Å². The Morgan fingerprint density at radius 2 is 2.22 bits per heavy atom. The lowest BCUT2D eigenvalue weighted by atomic mass is 10.1. The molecule has 0 bridgehead atoms. The van der Waals surface area contributed by atoms with Gasteiger partial charge >= 0.3 is 0 Å². The molecule has 1 aromatic carbocycles. The summed E-state index contributed by atoms with van der Waals surface area (Å²) in [6.07, 6.45) is 0.780. The summed E-state index contributed by atoms with van der Waals surface area (Å²) in [6.45, 7) is 3.32. The lowest BCUT2D eigenvalue weighted by Crippen LogP contribution is -2.08. The summed E-state index contributed by atoms with van der Waals surface area (Å²) in [5.74, 6) is 0. The number of aliphatic hydroxyl groups excluding tert-OH is 1. The fraction of sp³-hybridized carbons (Fsp3) is 0.500. The summed E-state index contributed by atoms with van der Waals surface area (Å²) >= 11 is 0. The van der Waals surface area contributed by atoms with Gasteiger partial charge in [0.15, 0.2) is 0 Å². The lowest BCUT2D eigenvalue weighted by Gasteiger charge is -2.09. The van der Waals surface area contributed by atoms with Crippen LogP contribution < -0.4 is 5.32 Å². The molecule has 0 aromatic heterocycles. The van der Waals surface area contributed by atoms with Crippen molar-refractivity contribution in [3.05, 3.63) is 33.9 Å². The lowest BCUT2D eigenvalue weighted by molar-refractivity contribution is -0.385. The van der Waals surface area contributed by atoms with Crippen molar-refractivity contribution >= 4 is 11.4 Å². The first-order valence-electron chi connectivity index (χ1n) is 5.83. The maximum absolute atomic E-state index is 10.8. The average molecular weight is 254 g/mol. The Kier molecular flexibility index (Phi) is 6.10. The molecule has 0 fully saturated rings. The molecule has 6 nitrogen and oxygen atoms in total. The third-order valence-corrected chi connectivity index (χ3v) is 2.52. The third-order valence-electron chi connectivity index (χ3n) is 2.52. The number of aliphatic hydroxyl groups is 1. The second-order valence-electron chi connectivity index (χ2n) is 3.82.